The molecule has 0 radical (unpaired) electrons. The van der Waals surface area contributed by atoms with Gasteiger partial charge in [0.2, 0.25) is 0 Å². The minimum atomic E-state index is 0.112. The molecule has 1 aromatic carbocycles. The molecule has 1 heterocycles. The molecular formula is C17H25N3O. The van der Waals surface area contributed by atoms with Crippen molar-refractivity contribution in [2.75, 3.05) is 18.4 Å². The largest absolute Gasteiger partial charge is 0.379 e. The molecule has 0 bridgehead atoms. The maximum atomic E-state index is 12.9. The predicted octanol–water partition coefficient (Wildman–Crippen LogP) is 3.40. The second kappa shape index (κ2) is 7.25. The smallest absolute Gasteiger partial charge is 0.256 e. The Bertz CT molecular complexity index is 499. The summed E-state index contributed by atoms with van der Waals surface area (Å²) in [6.45, 7) is 5.67. The number of carbonyl (C=O) groups excluding carboxylic acids is 1. The number of rotatable bonds is 5. The highest BCUT2D eigenvalue weighted by molar-refractivity contribution is 6.00. The molecule has 0 saturated carbocycles. The van der Waals surface area contributed by atoms with E-state index in [1.165, 1.54) is 12.6 Å². The van der Waals surface area contributed by atoms with Gasteiger partial charge in [0, 0.05) is 31.0 Å². The number of hydrogen-bond acceptors (Lipinski definition) is 3. The third-order valence-corrected chi connectivity index (χ3v) is 4.13. The van der Waals surface area contributed by atoms with Crippen LogP contribution in [0.15, 0.2) is 24.3 Å². The lowest BCUT2D eigenvalue weighted by Crippen LogP contribution is -2.46. The molecule has 0 aliphatic carbocycles. The molecule has 0 aromatic heterocycles. The summed E-state index contributed by atoms with van der Waals surface area (Å²) < 4.78 is 0. The molecule has 1 saturated heterocycles. The third kappa shape index (κ3) is 3.63. The van der Waals surface area contributed by atoms with E-state index in [1.54, 1.807) is 0 Å². The molecule has 1 fully saturated rings. The lowest BCUT2D eigenvalue weighted by molar-refractivity contribution is 0.0544. The van der Waals surface area contributed by atoms with Crippen molar-refractivity contribution in [3.63, 3.8) is 0 Å². The van der Waals surface area contributed by atoms with Gasteiger partial charge in [-0.15, -0.1) is 0 Å². The number of carbonyl (C=O) groups is 1. The van der Waals surface area contributed by atoms with Crippen LogP contribution in [0.4, 0.5) is 5.69 Å². The molecule has 4 nitrogen and oxygen atoms in total. The minimum absolute atomic E-state index is 0.112. The van der Waals surface area contributed by atoms with Gasteiger partial charge in [-0.25, -0.2) is 0 Å². The Morgan fingerprint density at radius 2 is 2.19 bits per heavy atom. The van der Waals surface area contributed by atoms with Crippen LogP contribution in [0.2, 0.25) is 0 Å². The van der Waals surface area contributed by atoms with Crippen molar-refractivity contribution in [3.8, 4) is 0 Å². The molecule has 1 aliphatic heterocycles. The standard InChI is InChI=1S/C17H25N3O/c1-13(2)16-9-5-6-12-20(16)17(21)14-7-3-4-8-15(14)19-11-10-18/h3-4,7-8,10,13,16,18-19H,5-6,9,11-12H2,1-2H3/t16-/m1/s1. The van der Waals surface area contributed by atoms with E-state index in [-0.39, 0.29) is 5.91 Å². The zero-order valence-electron chi connectivity index (χ0n) is 12.9. The topological polar surface area (TPSA) is 56.2 Å². The molecule has 0 unspecified atom stereocenters. The molecule has 4 heteroatoms. The Labute approximate surface area is 127 Å². The average Bonchev–Trinajstić information content (AvgIpc) is 2.52. The van der Waals surface area contributed by atoms with Crippen LogP contribution >= 0.6 is 0 Å². The van der Waals surface area contributed by atoms with Crippen LogP contribution in [0.1, 0.15) is 43.5 Å². The second-order valence-corrected chi connectivity index (χ2v) is 5.94. The molecule has 1 aromatic rings. The molecule has 114 valence electrons. The lowest BCUT2D eigenvalue weighted by Gasteiger charge is -2.38. The number of hydrogen-bond donors (Lipinski definition) is 2. The molecule has 2 rings (SSSR count). The zero-order chi connectivity index (χ0) is 15.2. The highest BCUT2D eigenvalue weighted by atomic mass is 16.2. The average molecular weight is 287 g/mol. The highest BCUT2D eigenvalue weighted by Gasteiger charge is 2.30. The molecule has 0 spiro atoms. The van der Waals surface area contributed by atoms with Gasteiger partial charge in [-0.2, -0.15) is 0 Å². The van der Waals surface area contributed by atoms with Crippen LogP contribution in [0, 0.1) is 11.3 Å². The van der Waals surface area contributed by atoms with Gasteiger partial charge in [0.1, 0.15) is 0 Å². The van der Waals surface area contributed by atoms with Gasteiger partial charge in [0.25, 0.3) is 5.91 Å². The van der Waals surface area contributed by atoms with Crippen LogP contribution in [-0.2, 0) is 0 Å². The summed E-state index contributed by atoms with van der Waals surface area (Å²) >= 11 is 0. The van der Waals surface area contributed by atoms with E-state index in [4.69, 9.17) is 5.41 Å². The van der Waals surface area contributed by atoms with E-state index in [0.29, 0.717) is 24.1 Å². The van der Waals surface area contributed by atoms with Gasteiger partial charge in [-0.1, -0.05) is 26.0 Å². The Balaban J connectivity index is 2.23. The number of para-hydroxylation sites is 1. The maximum absolute atomic E-state index is 12.9. The summed E-state index contributed by atoms with van der Waals surface area (Å²) in [6, 6.07) is 7.93. The maximum Gasteiger partial charge on any atom is 0.256 e. The molecule has 21 heavy (non-hydrogen) atoms. The van der Waals surface area contributed by atoms with Gasteiger partial charge in [0.15, 0.2) is 0 Å². The quantitative estimate of drug-likeness (QED) is 0.815. The van der Waals surface area contributed by atoms with Crippen LogP contribution < -0.4 is 5.32 Å². The zero-order valence-corrected chi connectivity index (χ0v) is 12.9. The monoisotopic (exact) mass is 287 g/mol. The fraction of sp³-hybridized carbons (Fsp3) is 0.529. The van der Waals surface area contributed by atoms with Gasteiger partial charge in [-0.05, 0) is 37.3 Å². The summed E-state index contributed by atoms with van der Waals surface area (Å²) in [7, 11) is 0. The SMILES string of the molecule is CC(C)[C@H]1CCCCN1C(=O)c1ccccc1NCC=N. The number of amides is 1. The van der Waals surface area contributed by atoms with Crippen molar-refractivity contribution in [3.05, 3.63) is 29.8 Å². The van der Waals surface area contributed by atoms with Gasteiger partial charge >= 0.3 is 0 Å². The molecule has 2 N–H and O–H groups in total. The number of nitrogens with zero attached hydrogens (tertiary/aromatic N) is 1. The lowest BCUT2D eigenvalue weighted by atomic mass is 9.92. The van der Waals surface area contributed by atoms with Crippen molar-refractivity contribution in [1.82, 2.24) is 4.90 Å². The second-order valence-electron chi connectivity index (χ2n) is 5.94. The van der Waals surface area contributed by atoms with Crippen molar-refractivity contribution in [1.29, 1.82) is 5.41 Å². The molecular weight excluding hydrogens is 262 g/mol. The number of anilines is 1. The highest BCUT2D eigenvalue weighted by Crippen LogP contribution is 2.27. The summed E-state index contributed by atoms with van der Waals surface area (Å²) in [4.78, 5) is 15.0. The fourth-order valence-corrected chi connectivity index (χ4v) is 3.04. The molecule has 1 aliphatic rings. The van der Waals surface area contributed by atoms with Crippen molar-refractivity contribution < 1.29 is 4.79 Å². The van der Waals surface area contributed by atoms with Crippen LogP contribution in [0.5, 0.6) is 0 Å². The van der Waals surface area contributed by atoms with E-state index in [9.17, 15) is 4.79 Å². The fourth-order valence-electron chi connectivity index (χ4n) is 3.04. The Hall–Kier alpha value is -1.84. The van der Waals surface area contributed by atoms with Crippen LogP contribution in [0.3, 0.4) is 0 Å². The first-order chi connectivity index (χ1) is 10.1. The number of piperidine rings is 1. The van der Waals surface area contributed by atoms with Crippen LogP contribution in [-0.4, -0.2) is 36.2 Å². The summed E-state index contributed by atoms with van der Waals surface area (Å²) in [5.74, 6) is 0.595. The van der Waals surface area contributed by atoms with Crippen molar-refractivity contribution in [2.45, 2.75) is 39.2 Å². The van der Waals surface area contributed by atoms with Gasteiger partial charge in [-0.3, -0.25) is 4.79 Å². The summed E-state index contributed by atoms with van der Waals surface area (Å²) in [5, 5.41) is 10.3. The molecule has 1 atom stereocenters. The van der Waals surface area contributed by atoms with Crippen LogP contribution in [0.25, 0.3) is 0 Å². The Morgan fingerprint density at radius 3 is 2.90 bits per heavy atom. The Morgan fingerprint density at radius 1 is 1.43 bits per heavy atom. The minimum Gasteiger partial charge on any atom is -0.379 e. The number of benzene rings is 1. The van der Waals surface area contributed by atoms with E-state index in [1.807, 2.05) is 29.2 Å². The van der Waals surface area contributed by atoms with Gasteiger partial charge in [0.05, 0.1) is 5.56 Å². The van der Waals surface area contributed by atoms with Crippen molar-refractivity contribution in [2.24, 2.45) is 5.92 Å². The third-order valence-electron chi connectivity index (χ3n) is 4.13. The van der Waals surface area contributed by atoms with Crippen molar-refractivity contribution >= 4 is 17.8 Å². The first-order valence-electron chi connectivity index (χ1n) is 7.78. The van der Waals surface area contributed by atoms with E-state index >= 15 is 0 Å². The first kappa shape index (κ1) is 15.5. The summed E-state index contributed by atoms with van der Waals surface area (Å²) in [5.41, 5.74) is 1.53. The summed E-state index contributed by atoms with van der Waals surface area (Å²) in [6.07, 6.45) is 4.70. The van der Waals surface area contributed by atoms with E-state index in [0.717, 1.165) is 25.1 Å². The molecule has 1 amide bonds. The van der Waals surface area contributed by atoms with E-state index in [2.05, 4.69) is 19.2 Å². The van der Waals surface area contributed by atoms with Gasteiger partial charge < -0.3 is 15.6 Å². The van der Waals surface area contributed by atoms with E-state index < -0.39 is 0 Å². The number of nitrogens with one attached hydrogen (secondary N) is 2. The normalized spacial score (nSPS) is 18.6. The number of likely N-dealkylation sites (tertiary alicyclic amines) is 1. The Kier molecular flexibility index (Phi) is 5.37. The first-order valence-corrected chi connectivity index (χ1v) is 7.78. The predicted molar refractivity (Wildman–Crippen MR) is 87.2 cm³/mol.